The van der Waals surface area contributed by atoms with Gasteiger partial charge in [0.15, 0.2) is 5.76 Å². The fraction of sp³-hybridized carbons (Fsp3) is 0.786. The van der Waals surface area contributed by atoms with Crippen molar-refractivity contribution in [2.45, 2.75) is 212 Å². The standard InChI is InChI=1S/C42H72O10/c1-3-5-7-9-11-13-15-17-19-21-23-25-27-29-31-33-35(43)50-41(48)42(49,39-37(45)38(46)40(47)51-39)52-36(44)34-32-30-28-26-24-22-20-18-16-14-12-10-8-6-4-2/h17-20,39,41,45-46,48-49H,3-16,21-34H2,1-2H3/b19-17+,20-18+/t39-,41?,42-/m0/s1. The SMILES string of the molecule is CCCCCCCC/C=C/CCCCCCCC(=O)OC(O)[C@@](O)(OC(=O)CCCCCCC/C=C/CCCCCCCC)[C@H]1OC(=O)C(O)=C1O. The number of unbranched alkanes of at least 4 members (excludes halogenated alkanes) is 22. The zero-order chi connectivity index (χ0) is 38.3. The van der Waals surface area contributed by atoms with Crippen LogP contribution in [0.4, 0.5) is 0 Å². The molecule has 3 atom stereocenters. The van der Waals surface area contributed by atoms with Crippen molar-refractivity contribution < 1.29 is 49.0 Å². The molecule has 0 aromatic heterocycles. The van der Waals surface area contributed by atoms with E-state index in [0.717, 1.165) is 77.0 Å². The van der Waals surface area contributed by atoms with Crippen LogP contribution in [0.3, 0.4) is 0 Å². The highest BCUT2D eigenvalue weighted by molar-refractivity contribution is 5.89. The first-order valence-corrected chi connectivity index (χ1v) is 20.6. The second kappa shape index (κ2) is 30.6. The normalized spacial score (nSPS) is 16.5. The smallest absolute Gasteiger partial charge is 0.378 e. The molecule has 0 aliphatic carbocycles. The second-order valence-electron chi connectivity index (χ2n) is 14.3. The van der Waals surface area contributed by atoms with Crippen LogP contribution in [0, 0.1) is 0 Å². The van der Waals surface area contributed by atoms with E-state index < -0.39 is 47.6 Å². The molecule has 0 bridgehead atoms. The maximum Gasteiger partial charge on any atom is 0.378 e. The molecule has 0 radical (unpaired) electrons. The van der Waals surface area contributed by atoms with E-state index >= 15 is 0 Å². The third-order valence-corrected chi connectivity index (χ3v) is 9.44. The van der Waals surface area contributed by atoms with Gasteiger partial charge in [-0.05, 0) is 64.2 Å². The van der Waals surface area contributed by atoms with E-state index in [1.807, 2.05) is 0 Å². The van der Waals surface area contributed by atoms with Crippen molar-refractivity contribution in [3.05, 3.63) is 35.8 Å². The molecule has 52 heavy (non-hydrogen) atoms. The van der Waals surface area contributed by atoms with Crippen molar-refractivity contribution >= 4 is 17.9 Å². The van der Waals surface area contributed by atoms with Gasteiger partial charge in [0, 0.05) is 12.8 Å². The van der Waals surface area contributed by atoms with Gasteiger partial charge in [-0.2, -0.15) is 0 Å². The lowest BCUT2D eigenvalue weighted by molar-refractivity contribution is -0.330. The molecule has 4 N–H and O–H groups in total. The molecule has 10 heteroatoms. The van der Waals surface area contributed by atoms with Gasteiger partial charge >= 0.3 is 23.7 Å². The van der Waals surface area contributed by atoms with Crippen LogP contribution in [0.25, 0.3) is 0 Å². The van der Waals surface area contributed by atoms with Crippen LogP contribution in [-0.4, -0.2) is 56.5 Å². The lowest BCUT2D eigenvalue weighted by Gasteiger charge is -2.34. The minimum Gasteiger partial charge on any atom is -0.505 e. The molecule has 1 heterocycles. The molecule has 0 aromatic carbocycles. The van der Waals surface area contributed by atoms with Crippen molar-refractivity contribution in [2.24, 2.45) is 0 Å². The zero-order valence-corrected chi connectivity index (χ0v) is 32.5. The lowest BCUT2D eigenvalue weighted by atomic mass is 10.1. The summed E-state index contributed by atoms with van der Waals surface area (Å²) in [4.78, 5) is 37.0. The van der Waals surface area contributed by atoms with Crippen LogP contribution in [-0.2, 0) is 28.6 Å². The average molecular weight is 737 g/mol. The van der Waals surface area contributed by atoms with E-state index in [1.54, 1.807) is 0 Å². The van der Waals surface area contributed by atoms with Crippen LogP contribution in [0.5, 0.6) is 0 Å². The number of carbonyl (C=O) groups excluding carboxylic acids is 3. The van der Waals surface area contributed by atoms with E-state index in [9.17, 15) is 34.8 Å². The van der Waals surface area contributed by atoms with Crippen LogP contribution in [0.15, 0.2) is 35.8 Å². The first kappa shape index (κ1) is 47.2. The monoisotopic (exact) mass is 737 g/mol. The Kier molecular flexibility index (Phi) is 27.8. The van der Waals surface area contributed by atoms with Gasteiger partial charge in [0.05, 0.1) is 0 Å². The summed E-state index contributed by atoms with van der Waals surface area (Å²) < 4.78 is 14.8. The molecule has 0 saturated carbocycles. The van der Waals surface area contributed by atoms with Crippen molar-refractivity contribution in [3.8, 4) is 0 Å². The highest BCUT2D eigenvalue weighted by Crippen LogP contribution is 2.33. The number of allylic oxidation sites excluding steroid dienone is 4. The van der Waals surface area contributed by atoms with Gasteiger partial charge < -0.3 is 34.6 Å². The molecule has 300 valence electrons. The Labute approximate surface area is 314 Å². The van der Waals surface area contributed by atoms with E-state index in [4.69, 9.17) is 14.2 Å². The molecule has 0 fully saturated rings. The molecule has 0 amide bonds. The number of cyclic esters (lactones) is 1. The highest BCUT2D eigenvalue weighted by Gasteiger charge is 2.58. The summed E-state index contributed by atoms with van der Waals surface area (Å²) in [5, 5.41) is 41.8. The van der Waals surface area contributed by atoms with Gasteiger partial charge in [0.1, 0.15) is 0 Å². The maximum atomic E-state index is 12.7. The minimum atomic E-state index is -3.17. The zero-order valence-electron chi connectivity index (χ0n) is 32.5. The summed E-state index contributed by atoms with van der Waals surface area (Å²) in [7, 11) is 0. The summed E-state index contributed by atoms with van der Waals surface area (Å²) in [5.41, 5.74) is 0. The molecular weight excluding hydrogens is 664 g/mol. The quantitative estimate of drug-likeness (QED) is 0.0165. The van der Waals surface area contributed by atoms with E-state index in [2.05, 4.69) is 38.2 Å². The molecule has 0 saturated heterocycles. The van der Waals surface area contributed by atoms with Crippen molar-refractivity contribution in [2.75, 3.05) is 0 Å². The lowest BCUT2D eigenvalue weighted by Crippen LogP contribution is -2.57. The number of hydrogen-bond acceptors (Lipinski definition) is 10. The summed E-state index contributed by atoms with van der Waals surface area (Å²) in [6, 6.07) is 0. The van der Waals surface area contributed by atoms with Gasteiger partial charge in [-0.25, -0.2) is 4.79 Å². The number of aliphatic hydroxyl groups excluding tert-OH is 3. The molecule has 1 unspecified atom stereocenters. The number of esters is 3. The van der Waals surface area contributed by atoms with Gasteiger partial charge in [0.25, 0.3) is 6.29 Å². The van der Waals surface area contributed by atoms with Crippen molar-refractivity contribution in [1.82, 2.24) is 0 Å². The van der Waals surface area contributed by atoms with E-state index in [1.165, 1.54) is 77.0 Å². The van der Waals surface area contributed by atoms with Crippen LogP contribution >= 0.6 is 0 Å². The van der Waals surface area contributed by atoms with Crippen LogP contribution in [0.1, 0.15) is 194 Å². The minimum absolute atomic E-state index is 0.0638. The van der Waals surface area contributed by atoms with Gasteiger partial charge in [-0.3, -0.25) is 9.59 Å². The Morgan fingerprint density at radius 1 is 0.635 bits per heavy atom. The Balaban J connectivity index is 2.36. The molecule has 1 aliphatic rings. The third-order valence-electron chi connectivity index (χ3n) is 9.44. The van der Waals surface area contributed by atoms with Crippen molar-refractivity contribution in [1.29, 1.82) is 0 Å². The second-order valence-corrected chi connectivity index (χ2v) is 14.3. The maximum absolute atomic E-state index is 12.7. The third kappa shape index (κ3) is 21.6. The van der Waals surface area contributed by atoms with E-state index in [0.29, 0.717) is 12.8 Å². The Morgan fingerprint density at radius 3 is 1.38 bits per heavy atom. The molecule has 0 spiro atoms. The first-order chi connectivity index (χ1) is 25.2. The fourth-order valence-corrected chi connectivity index (χ4v) is 6.14. The van der Waals surface area contributed by atoms with Crippen LogP contribution in [0.2, 0.25) is 0 Å². The summed E-state index contributed by atoms with van der Waals surface area (Å²) >= 11 is 0. The predicted molar refractivity (Wildman–Crippen MR) is 204 cm³/mol. The van der Waals surface area contributed by atoms with Gasteiger partial charge in [-0.1, -0.05) is 141 Å². The Hall–Kier alpha value is -2.85. The highest BCUT2D eigenvalue weighted by atomic mass is 16.7. The Bertz CT molecular complexity index is 1050. The predicted octanol–water partition coefficient (Wildman–Crippen LogP) is 10.4. The number of ether oxygens (including phenoxy) is 3. The first-order valence-electron chi connectivity index (χ1n) is 20.6. The van der Waals surface area contributed by atoms with Gasteiger partial charge in [-0.15, -0.1) is 0 Å². The van der Waals surface area contributed by atoms with Gasteiger partial charge in [0.2, 0.25) is 11.9 Å². The number of aliphatic hydroxyl groups is 4. The molecule has 10 nitrogen and oxygen atoms in total. The van der Waals surface area contributed by atoms with E-state index in [-0.39, 0.29) is 12.8 Å². The number of rotatable bonds is 34. The molecule has 1 aliphatic heterocycles. The number of carbonyl (C=O) groups is 3. The molecular formula is C42H72O10. The average Bonchev–Trinajstić information content (AvgIpc) is 3.38. The van der Waals surface area contributed by atoms with Crippen molar-refractivity contribution in [3.63, 3.8) is 0 Å². The summed E-state index contributed by atoms with van der Waals surface area (Å²) in [6.45, 7) is 4.45. The number of hydrogen-bond donors (Lipinski definition) is 4. The Morgan fingerprint density at radius 2 is 1.00 bits per heavy atom. The fourth-order valence-electron chi connectivity index (χ4n) is 6.14. The largest absolute Gasteiger partial charge is 0.505 e. The topological polar surface area (TPSA) is 160 Å². The molecule has 0 aromatic rings. The van der Waals surface area contributed by atoms with Crippen LogP contribution < -0.4 is 0 Å². The summed E-state index contributed by atoms with van der Waals surface area (Å²) in [5.74, 6) is -8.73. The molecule has 1 rings (SSSR count). The summed E-state index contributed by atoms with van der Waals surface area (Å²) in [6.07, 6.45) is 32.4.